The highest BCUT2D eigenvalue weighted by molar-refractivity contribution is 5.85. The summed E-state index contributed by atoms with van der Waals surface area (Å²) in [5.41, 5.74) is 0.632. The van der Waals surface area contributed by atoms with Crippen molar-refractivity contribution >= 4 is 12.4 Å². The molecule has 0 spiro atoms. The lowest BCUT2D eigenvalue weighted by Gasteiger charge is -2.42. The van der Waals surface area contributed by atoms with E-state index in [1.807, 2.05) is 19.1 Å². The Morgan fingerprint density at radius 2 is 2.00 bits per heavy atom. The van der Waals surface area contributed by atoms with E-state index in [9.17, 15) is 5.11 Å². The summed E-state index contributed by atoms with van der Waals surface area (Å²) in [7, 11) is 0. The summed E-state index contributed by atoms with van der Waals surface area (Å²) in [6, 6.07) is 7.21. The van der Waals surface area contributed by atoms with E-state index in [1.165, 1.54) is 0 Å². The Hall–Kier alpha value is -0.770. The third-order valence-electron chi connectivity index (χ3n) is 3.05. The van der Waals surface area contributed by atoms with E-state index >= 15 is 0 Å². The van der Waals surface area contributed by atoms with Gasteiger partial charge in [0.05, 0.1) is 6.61 Å². The van der Waals surface area contributed by atoms with Crippen LogP contribution in [0.3, 0.4) is 0 Å². The fourth-order valence-electron chi connectivity index (χ4n) is 1.84. The molecule has 0 aliphatic carbocycles. The predicted octanol–water partition coefficient (Wildman–Crippen LogP) is 2.63. The lowest BCUT2D eigenvalue weighted by molar-refractivity contribution is -0.131. The van der Waals surface area contributed by atoms with Gasteiger partial charge in [-0.05, 0) is 19.1 Å². The lowest BCUT2D eigenvalue weighted by atomic mass is 9.90. The van der Waals surface area contributed by atoms with Gasteiger partial charge in [-0.25, -0.2) is 0 Å². The molecule has 1 heterocycles. The molecule has 1 aromatic carbocycles. The molecule has 1 unspecified atom stereocenters. The minimum absolute atomic E-state index is 0. The Morgan fingerprint density at radius 3 is 2.53 bits per heavy atom. The van der Waals surface area contributed by atoms with Crippen LogP contribution in [0.15, 0.2) is 24.3 Å². The van der Waals surface area contributed by atoms with Gasteiger partial charge < -0.3 is 9.84 Å². The molecule has 3 nitrogen and oxygen atoms in total. The smallest absolute Gasteiger partial charge is 0.142 e. The monoisotopic (exact) mass is 257 g/mol. The molecule has 0 amide bonds. The van der Waals surface area contributed by atoms with E-state index in [0.29, 0.717) is 6.61 Å². The molecule has 2 rings (SSSR count). The van der Waals surface area contributed by atoms with Gasteiger partial charge in [-0.1, -0.05) is 26.0 Å². The number of rotatable bonds is 1. The van der Waals surface area contributed by atoms with Crippen LogP contribution in [0.4, 0.5) is 0 Å². The maximum Gasteiger partial charge on any atom is 0.142 e. The van der Waals surface area contributed by atoms with Crippen molar-refractivity contribution < 1.29 is 9.84 Å². The van der Waals surface area contributed by atoms with E-state index < -0.39 is 5.72 Å². The molecule has 0 bridgehead atoms. The number of ether oxygens (including phenoxy) is 1. The van der Waals surface area contributed by atoms with Crippen molar-refractivity contribution in [3.05, 3.63) is 29.8 Å². The van der Waals surface area contributed by atoms with Crippen molar-refractivity contribution in [2.75, 3.05) is 13.2 Å². The zero-order chi connectivity index (χ0) is 11.8. The van der Waals surface area contributed by atoms with Crippen molar-refractivity contribution in [1.29, 1.82) is 0 Å². The molecule has 1 atom stereocenters. The normalized spacial score (nSPS) is 27.2. The van der Waals surface area contributed by atoms with Crippen molar-refractivity contribution in [3.8, 4) is 5.75 Å². The second-order valence-electron chi connectivity index (χ2n) is 5.39. The first-order chi connectivity index (χ1) is 7.41. The number of nitrogens with one attached hydrogen (secondary N) is 1. The number of benzene rings is 1. The van der Waals surface area contributed by atoms with Crippen molar-refractivity contribution in [2.45, 2.75) is 26.5 Å². The van der Waals surface area contributed by atoms with E-state index in [1.54, 1.807) is 12.1 Å². The number of phenols is 1. The summed E-state index contributed by atoms with van der Waals surface area (Å²) in [5, 5.41) is 12.9. The first-order valence-corrected chi connectivity index (χ1v) is 5.60. The van der Waals surface area contributed by atoms with Gasteiger partial charge in [-0.15, -0.1) is 12.4 Å². The molecular weight excluding hydrogens is 238 g/mol. The zero-order valence-electron chi connectivity index (χ0n) is 10.5. The minimum Gasteiger partial charge on any atom is -0.508 e. The van der Waals surface area contributed by atoms with Crippen LogP contribution < -0.4 is 5.32 Å². The van der Waals surface area contributed by atoms with Crippen LogP contribution in [-0.4, -0.2) is 18.3 Å². The van der Waals surface area contributed by atoms with Crippen LogP contribution in [0.1, 0.15) is 26.3 Å². The topological polar surface area (TPSA) is 41.5 Å². The molecule has 0 radical (unpaired) electrons. The largest absolute Gasteiger partial charge is 0.508 e. The number of aromatic hydroxyl groups is 1. The molecule has 4 heteroatoms. The molecule has 1 aliphatic rings. The number of halogens is 1. The fraction of sp³-hybridized carbons (Fsp3) is 0.538. The molecule has 1 aliphatic heterocycles. The number of phenolic OH excluding ortho intramolecular Hbond substituents is 1. The summed E-state index contributed by atoms with van der Waals surface area (Å²) in [6.45, 7) is 7.95. The minimum atomic E-state index is -0.492. The van der Waals surface area contributed by atoms with Crippen molar-refractivity contribution in [2.24, 2.45) is 5.41 Å². The summed E-state index contributed by atoms with van der Waals surface area (Å²) >= 11 is 0. The van der Waals surface area contributed by atoms with Crippen molar-refractivity contribution in [3.63, 3.8) is 0 Å². The van der Waals surface area contributed by atoms with E-state index in [2.05, 4.69) is 19.2 Å². The van der Waals surface area contributed by atoms with Crippen molar-refractivity contribution in [1.82, 2.24) is 5.32 Å². The average Bonchev–Trinajstić information content (AvgIpc) is 2.23. The first-order valence-electron chi connectivity index (χ1n) is 5.60. The third kappa shape index (κ3) is 3.12. The second kappa shape index (κ2) is 4.84. The highest BCUT2D eigenvalue weighted by Crippen LogP contribution is 2.32. The molecule has 0 aromatic heterocycles. The molecular formula is C13H20ClNO2. The van der Waals surface area contributed by atoms with Gasteiger partial charge in [0.25, 0.3) is 0 Å². The predicted molar refractivity (Wildman–Crippen MR) is 70.4 cm³/mol. The van der Waals surface area contributed by atoms with Gasteiger partial charge in [-0.2, -0.15) is 0 Å². The standard InChI is InChI=1S/C13H19NO2.ClH/c1-12(2)8-14-13(3,16-9-12)10-5-4-6-11(15)7-10;/h4-7,14-15H,8-9H2,1-3H3;1H. The van der Waals surface area contributed by atoms with Crippen LogP contribution in [0.5, 0.6) is 5.75 Å². The summed E-state index contributed by atoms with van der Waals surface area (Å²) in [5.74, 6) is 0.272. The molecule has 2 N–H and O–H groups in total. The van der Waals surface area contributed by atoms with Crippen LogP contribution in [-0.2, 0) is 10.5 Å². The zero-order valence-corrected chi connectivity index (χ0v) is 11.3. The third-order valence-corrected chi connectivity index (χ3v) is 3.05. The Balaban J connectivity index is 0.00000144. The van der Waals surface area contributed by atoms with Gasteiger partial charge in [0.2, 0.25) is 0 Å². The molecule has 17 heavy (non-hydrogen) atoms. The molecule has 1 aromatic rings. The quantitative estimate of drug-likeness (QED) is 0.813. The Kier molecular flexibility index (Phi) is 4.07. The fourth-order valence-corrected chi connectivity index (χ4v) is 1.84. The van der Waals surface area contributed by atoms with Gasteiger partial charge in [0.1, 0.15) is 11.5 Å². The van der Waals surface area contributed by atoms with Crippen LogP contribution in [0.2, 0.25) is 0 Å². The average molecular weight is 258 g/mol. The van der Waals surface area contributed by atoms with Crippen LogP contribution in [0, 0.1) is 5.41 Å². The van der Waals surface area contributed by atoms with E-state index in [-0.39, 0.29) is 23.6 Å². The Labute approximate surface area is 109 Å². The molecule has 96 valence electrons. The molecule has 1 saturated heterocycles. The summed E-state index contributed by atoms with van der Waals surface area (Å²) in [4.78, 5) is 0. The maximum absolute atomic E-state index is 9.48. The van der Waals surface area contributed by atoms with Crippen LogP contribution in [0.25, 0.3) is 0 Å². The van der Waals surface area contributed by atoms with Gasteiger partial charge in [0, 0.05) is 17.5 Å². The number of hydrogen-bond acceptors (Lipinski definition) is 3. The van der Waals surface area contributed by atoms with Gasteiger partial charge in [-0.3, -0.25) is 5.32 Å². The van der Waals surface area contributed by atoms with Gasteiger partial charge in [0.15, 0.2) is 0 Å². The highest BCUT2D eigenvalue weighted by Gasteiger charge is 2.36. The molecule has 0 saturated carbocycles. The summed E-state index contributed by atoms with van der Waals surface area (Å²) < 4.78 is 5.90. The SMILES string of the molecule is CC1(C)CNC(C)(c2cccc(O)c2)OC1.Cl. The maximum atomic E-state index is 9.48. The Bertz CT molecular complexity index is 383. The first kappa shape index (κ1) is 14.3. The van der Waals surface area contributed by atoms with Crippen LogP contribution >= 0.6 is 12.4 Å². The second-order valence-corrected chi connectivity index (χ2v) is 5.39. The van der Waals surface area contributed by atoms with E-state index in [4.69, 9.17) is 4.74 Å². The van der Waals surface area contributed by atoms with E-state index in [0.717, 1.165) is 12.1 Å². The summed E-state index contributed by atoms with van der Waals surface area (Å²) in [6.07, 6.45) is 0. The highest BCUT2D eigenvalue weighted by atomic mass is 35.5. The lowest BCUT2D eigenvalue weighted by Crippen LogP contribution is -2.53. The molecule has 1 fully saturated rings. The number of hydrogen-bond donors (Lipinski definition) is 2. The van der Waals surface area contributed by atoms with Gasteiger partial charge >= 0.3 is 0 Å². The Morgan fingerprint density at radius 1 is 1.29 bits per heavy atom.